The highest BCUT2D eigenvalue weighted by Crippen LogP contribution is 2.27. The van der Waals surface area contributed by atoms with Crippen molar-refractivity contribution in [2.75, 3.05) is 25.0 Å². The molecule has 25 heavy (non-hydrogen) atoms. The average Bonchev–Trinajstić information content (AvgIpc) is 2.56. The number of piperidine rings is 1. The summed E-state index contributed by atoms with van der Waals surface area (Å²) in [5.41, 5.74) is 0.319. The van der Waals surface area contributed by atoms with Crippen LogP contribution in [-0.2, 0) is 4.74 Å². The number of anilines is 1. The molecule has 140 valence electrons. The number of nitrogens with one attached hydrogen (secondary N) is 1. The fourth-order valence-electron chi connectivity index (χ4n) is 2.90. The molecular formula is C17H22ClF3N2O2. The molecule has 0 saturated carbocycles. The van der Waals surface area contributed by atoms with E-state index < -0.39 is 18.4 Å². The van der Waals surface area contributed by atoms with E-state index in [1.165, 1.54) is 24.3 Å². The summed E-state index contributed by atoms with van der Waals surface area (Å²) in [7, 11) is 0. The molecule has 1 N–H and O–H groups in total. The molecule has 1 heterocycles. The number of carbonyl (C=O) groups excluding carboxylic acids is 1. The van der Waals surface area contributed by atoms with E-state index in [-0.39, 0.29) is 6.54 Å². The molecule has 2 rings (SSSR count). The predicted molar refractivity (Wildman–Crippen MR) is 90.9 cm³/mol. The number of benzene rings is 1. The van der Waals surface area contributed by atoms with Gasteiger partial charge in [-0.3, -0.25) is 10.2 Å². The molecule has 0 aliphatic carbocycles. The molecule has 0 bridgehead atoms. The van der Waals surface area contributed by atoms with Crippen LogP contribution in [0.4, 0.5) is 23.7 Å². The van der Waals surface area contributed by atoms with Crippen LogP contribution in [0.1, 0.15) is 26.2 Å². The largest absolute Gasteiger partial charge is 0.435 e. The van der Waals surface area contributed by atoms with E-state index in [1.54, 1.807) is 4.90 Å². The van der Waals surface area contributed by atoms with Crippen molar-refractivity contribution in [3.05, 3.63) is 29.3 Å². The standard InChI is InChI=1S/C17H22ClF3N2O2/c1-2-12-4-3-9-23(10-12)11-15(17(19,20)21)25-16(24)22-14-7-5-13(18)6-8-14/h5-8,12,15H,2-4,9-11H2,1H3,(H,22,24). The minimum absolute atomic E-state index is 0.319. The minimum Gasteiger partial charge on any atom is -0.435 e. The minimum atomic E-state index is -4.61. The van der Waals surface area contributed by atoms with Crippen molar-refractivity contribution in [3.8, 4) is 0 Å². The van der Waals surface area contributed by atoms with Crippen LogP contribution < -0.4 is 5.32 Å². The van der Waals surface area contributed by atoms with Gasteiger partial charge in [-0.15, -0.1) is 0 Å². The normalized spacial score (nSPS) is 20.1. The van der Waals surface area contributed by atoms with Crippen LogP contribution in [0.3, 0.4) is 0 Å². The van der Waals surface area contributed by atoms with Crippen molar-refractivity contribution < 1.29 is 22.7 Å². The molecule has 2 atom stereocenters. The number of ether oxygens (including phenoxy) is 1. The van der Waals surface area contributed by atoms with E-state index in [0.717, 1.165) is 19.3 Å². The Labute approximate surface area is 150 Å². The number of amides is 1. The third kappa shape index (κ3) is 6.40. The predicted octanol–water partition coefficient (Wildman–Crippen LogP) is 4.94. The fourth-order valence-corrected chi connectivity index (χ4v) is 3.03. The molecule has 0 spiro atoms. The number of alkyl halides is 3. The van der Waals surface area contributed by atoms with Crippen LogP contribution in [0.5, 0.6) is 0 Å². The number of rotatable bonds is 5. The van der Waals surface area contributed by atoms with Crippen LogP contribution in [0, 0.1) is 5.92 Å². The summed E-state index contributed by atoms with van der Waals surface area (Å²) in [5, 5.41) is 2.75. The molecule has 4 nitrogen and oxygen atoms in total. The van der Waals surface area contributed by atoms with Gasteiger partial charge in [0.1, 0.15) is 0 Å². The molecule has 1 saturated heterocycles. The van der Waals surface area contributed by atoms with Gasteiger partial charge in [-0.05, 0) is 49.6 Å². The summed E-state index contributed by atoms with van der Waals surface area (Å²) in [6, 6.07) is 6.03. The first-order chi connectivity index (χ1) is 11.8. The molecule has 1 aromatic rings. The first-order valence-corrected chi connectivity index (χ1v) is 8.68. The molecule has 1 aliphatic rings. The second kappa shape index (κ2) is 8.76. The molecule has 0 aromatic heterocycles. The summed E-state index contributed by atoms with van der Waals surface area (Å²) in [4.78, 5) is 13.6. The van der Waals surface area contributed by atoms with Gasteiger partial charge in [-0.1, -0.05) is 24.9 Å². The Morgan fingerprint density at radius 3 is 2.68 bits per heavy atom. The van der Waals surface area contributed by atoms with Gasteiger partial charge < -0.3 is 4.74 Å². The number of likely N-dealkylation sites (tertiary alicyclic amines) is 1. The second-order valence-corrected chi connectivity index (χ2v) is 6.68. The summed E-state index contributed by atoms with van der Waals surface area (Å²) in [6.45, 7) is 2.88. The van der Waals surface area contributed by atoms with Crippen molar-refractivity contribution in [3.63, 3.8) is 0 Å². The number of nitrogens with zero attached hydrogens (tertiary/aromatic N) is 1. The smallest absolute Gasteiger partial charge is 0.426 e. The monoisotopic (exact) mass is 378 g/mol. The highest BCUT2D eigenvalue weighted by atomic mass is 35.5. The van der Waals surface area contributed by atoms with Gasteiger partial charge in [0.2, 0.25) is 6.10 Å². The lowest BCUT2D eigenvalue weighted by atomic mass is 9.95. The van der Waals surface area contributed by atoms with E-state index in [2.05, 4.69) is 10.1 Å². The summed E-state index contributed by atoms with van der Waals surface area (Å²) >= 11 is 5.73. The van der Waals surface area contributed by atoms with Crippen LogP contribution >= 0.6 is 11.6 Å². The van der Waals surface area contributed by atoms with Crippen molar-refractivity contribution in [1.29, 1.82) is 0 Å². The molecule has 1 aliphatic heterocycles. The maximum atomic E-state index is 13.3. The zero-order chi connectivity index (χ0) is 18.4. The Kier molecular flexibility index (Phi) is 6.95. The van der Waals surface area contributed by atoms with E-state index in [4.69, 9.17) is 11.6 Å². The van der Waals surface area contributed by atoms with Gasteiger partial charge in [-0.2, -0.15) is 13.2 Å². The quantitative estimate of drug-likeness (QED) is 0.788. The maximum absolute atomic E-state index is 13.3. The van der Waals surface area contributed by atoms with Crippen molar-refractivity contribution in [2.24, 2.45) is 5.92 Å². The highest BCUT2D eigenvalue weighted by Gasteiger charge is 2.44. The Hall–Kier alpha value is -1.47. The molecule has 8 heteroatoms. The van der Waals surface area contributed by atoms with Gasteiger partial charge in [0.25, 0.3) is 0 Å². The second-order valence-electron chi connectivity index (χ2n) is 6.24. The maximum Gasteiger partial charge on any atom is 0.426 e. The number of hydrogen-bond donors (Lipinski definition) is 1. The Bertz CT molecular complexity index is 566. The van der Waals surface area contributed by atoms with Gasteiger partial charge in [0.05, 0.1) is 0 Å². The van der Waals surface area contributed by atoms with Crippen molar-refractivity contribution in [2.45, 2.75) is 38.5 Å². The third-order valence-corrected chi connectivity index (χ3v) is 4.56. The molecule has 0 radical (unpaired) electrons. The molecular weight excluding hydrogens is 357 g/mol. The molecule has 1 amide bonds. The number of carbonyl (C=O) groups is 1. The molecule has 1 fully saturated rings. The van der Waals surface area contributed by atoms with Crippen LogP contribution in [0.2, 0.25) is 5.02 Å². The lowest BCUT2D eigenvalue weighted by molar-refractivity contribution is -0.207. The number of hydrogen-bond acceptors (Lipinski definition) is 3. The molecule has 2 unspecified atom stereocenters. The van der Waals surface area contributed by atoms with Crippen LogP contribution in [0.15, 0.2) is 24.3 Å². The zero-order valence-electron chi connectivity index (χ0n) is 14.0. The average molecular weight is 379 g/mol. The Morgan fingerprint density at radius 2 is 2.08 bits per heavy atom. The Balaban J connectivity index is 1.95. The van der Waals surface area contributed by atoms with Gasteiger partial charge in [-0.25, -0.2) is 4.79 Å². The van der Waals surface area contributed by atoms with E-state index >= 15 is 0 Å². The molecule has 1 aromatic carbocycles. The van der Waals surface area contributed by atoms with Gasteiger partial charge in [0, 0.05) is 23.8 Å². The van der Waals surface area contributed by atoms with Crippen molar-refractivity contribution in [1.82, 2.24) is 4.90 Å². The first kappa shape index (κ1) is 19.8. The SMILES string of the molecule is CCC1CCCN(CC(OC(=O)Nc2ccc(Cl)cc2)C(F)(F)F)C1. The number of halogens is 4. The van der Waals surface area contributed by atoms with Gasteiger partial charge >= 0.3 is 12.3 Å². The lowest BCUT2D eigenvalue weighted by Gasteiger charge is -2.34. The van der Waals surface area contributed by atoms with E-state index in [0.29, 0.717) is 29.7 Å². The summed E-state index contributed by atoms with van der Waals surface area (Å²) < 4.78 is 44.4. The highest BCUT2D eigenvalue weighted by molar-refractivity contribution is 6.30. The van der Waals surface area contributed by atoms with Crippen LogP contribution in [-0.4, -0.2) is 42.9 Å². The van der Waals surface area contributed by atoms with E-state index in [9.17, 15) is 18.0 Å². The summed E-state index contributed by atoms with van der Waals surface area (Å²) in [6.07, 6.45) is -5.08. The Morgan fingerprint density at radius 1 is 1.40 bits per heavy atom. The van der Waals surface area contributed by atoms with Crippen LogP contribution in [0.25, 0.3) is 0 Å². The zero-order valence-corrected chi connectivity index (χ0v) is 14.7. The fraction of sp³-hybridized carbons (Fsp3) is 0.588. The topological polar surface area (TPSA) is 41.6 Å². The van der Waals surface area contributed by atoms with Crippen molar-refractivity contribution >= 4 is 23.4 Å². The lowest BCUT2D eigenvalue weighted by Crippen LogP contribution is -2.47. The summed E-state index contributed by atoms with van der Waals surface area (Å²) in [5.74, 6) is 0.394. The van der Waals surface area contributed by atoms with E-state index in [1.807, 2.05) is 6.92 Å². The first-order valence-electron chi connectivity index (χ1n) is 8.30. The van der Waals surface area contributed by atoms with Gasteiger partial charge in [0.15, 0.2) is 0 Å². The third-order valence-electron chi connectivity index (χ3n) is 4.31.